The molecule has 1 heteroatoms. The summed E-state index contributed by atoms with van der Waals surface area (Å²) in [5, 5.41) is 8.46. The summed E-state index contributed by atoms with van der Waals surface area (Å²) in [6.07, 6.45) is 22.2. The lowest BCUT2D eigenvalue weighted by molar-refractivity contribution is 0.152. The van der Waals surface area contributed by atoms with Crippen LogP contribution in [-0.2, 0) is 0 Å². The van der Waals surface area contributed by atoms with E-state index in [9.17, 15) is 0 Å². The molecule has 0 aliphatic heterocycles. The highest BCUT2D eigenvalue weighted by Crippen LogP contribution is 2.42. The summed E-state index contributed by atoms with van der Waals surface area (Å²) in [4.78, 5) is 0. The van der Waals surface area contributed by atoms with Gasteiger partial charge in [0.2, 0.25) is 0 Å². The molecule has 0 atom stereocenters. The number of nitrogens with zero attached hydrogens (tertiary/aromatic N) is 1. The van der Waals surface area contributed by atoms with Gasteiger partial charge in [0.25, 0.3) is 0 Å². The Hall–Kier alpha value is -1.03. The molecule has 2 fully saturated rings. The van der Waals surface area contributed by atoms with Crippen molar-refractivity contribution in [1.29, 1.82) is 5.26 Å². The van der Waals surface area contributed by atoms with Crippen molar-refractivity contribution in [1.82, 2.24) is 0 Å². The van der Waals surface area contributed by atoms with Crippen molar-refractivity contribution < 1.29 is 0 Å². The number of allylic oxidation sites excluding steroid dienone is 4. The molecule has 2 aliphatic carbocycles. The first-order valence-corrected chi connectivity index (χ1v) is 9.06. The normalized spacial score (nSPS) is 34.3. The Morgan fingerprint density at radius 1 is 0.905 bits per heavy atom. The molecule has 0 heterocycles. The summed E-state index contributed by atoms with van der Waals surface area (Å²) >= 11 is 0. The standard InChI is InChI=1S/C20H31N/c1-2-6-17-8-12-19(13-9-17)20-14-10-18(11-15-20)7-4-3-5-16-21/h3-5,7,17-20H,2,6,8-15H2,1H3/b5-3+,7-4+/t17-,18?,19-,20?. The highest BCUT2D eigenvalue weighted by atomic mass is 14.3. The lowest BCUT2D eigenvalue weighted by Crippen LogP contribution is -2.25. The number of hydrogen-bond donors (Lipinski definition) is 0. The van der Waals surface area contributed by atoms with Crippen LogP contribution in [0.3, 0.4) is 0 Å². The van der Waals surface area contributed by atoms with Crippen molar-refractivity contribution >= 4 is 0 Å². The summed E-state index contributed by atoms with van der Waals surface area (Å²) < 4.78 is 0. The van der Waals surface area contributed by atoms with E-state index in [4.69, 9.17) is 5.26 Å². The fraction of sp³-hybridized carbons (Fsp3) is 0.750. The van der Waals surface area contributed by atoms with Gasteiger partial charge in [0.15, 0.2) is 0 Å². The second-order valence-electron chi connectivity index (χ2n) is 7.12. The van der Waals surface area contributed by atoms with Crippen molar-refractivity contribution in [3.05, 3.63) is 24.3 Å². The van der Waals surface area contributed by atoms with E-state index in [2.05, 4.69) is 19.1 Å². The van der Waals surface area contributed by atoms with Crippen LogP contribution in [0.15, 0.2) is 24.3 Å². The molecule has 2 aliphatic rings. The van der Waals surface area contributed by atoms with Crippen LogP contribution in [0.4, 0.5) is 0 Å². The predicted molar refractivity (Wildman–Crippen MR) is 89.7 cm³/mol. The molecule has 2 rings (SSSR count). The largest absolute Gasteiger partial charge is 0.193 e. The quantitative estimate of drug-likeness (QED) is 0.446. The van der Waals surface area contributed by atoms with Gasteiger partial charge in [-0.1, -0.05) is 50.8 Å². The molecule has 0 amide bonds. The number of rotatable bonds is 5. The van der Waals surface area contributed by atoms with Gasteiger partial charge in [-0.2, -0.15) is 5.26 Å². The Morgan fingerprint density at radius 2 is 1.52 bits per heavy atom. The molecule has 0 unspecified atom stereocenters. The Kier molecular flexibility index (Phi) is 7.07. The molecule has 0 aromatic rings. The van der Waals surface area contributed by atoms with Gasteiger partial charge in [-0.15, -0.1) is 0 Å². The van der Waals surface area contributed by atoms with Gasteiger partial charge in [-0.25, -0.2) is 0 Å². The maximum atomic E-state index is 8.46. The smallest absolute Gasteiger partial charge is 0.0912 e. The summed E-state index contributed by atoms with van der Waals surface area (Å²) in [7, 11) is 0. The molecule has 0 saturated heterocycles. The first-order valence-electron chi connectivity index (χ1n) is 9.06. The second-order valence-corrected chi connectivity index (χ2v) is 7.12. The molecule has 0 bridgehead atoms. The minimum Gasteiger partial charge on any atom is -0.193 e. The van der Waals surface area contributed by atoms with Crippen LogP contribution < -0.4 is 0 Å². The molecule has 0 aromatic carbocycles. The van der Waals surface area contributed by atoms with Gasteiger partial charge >= 0.3 is 0 Å². The topological polar surface area (TPSA) is 23.8 Å². The lowest BCUT2D eigenvalue weighted by atomic mass is 9.69. The average molecular weight is 285 g/mol. The van der Waals surface area contributed by atoms with Crippen LogP contribution >= 0.6 is 0 Å². The molecular formula is C20H31N. The molecule has 0 spiro atoms. The monoisotopic (exact) mass is 285 g/mol. The molecule has 21 heavy (non-hydrogen) atoms. The van der Waals surface area contributed by atoms with Crippen LogP contribution in [0.2, 0.25) is 0 Å². The van der Waals surface area contributed by atoms with E-state index in [1.54, 1.807) is 6.08 Å². The zero-order valence-corrected chi connectivity index (χ0v) is 13.6. The van der Waals surface area contributed by atoms with Crippen LogP contribution in [-0.4, -0.2) is 0 Å². The molecule has 1 nitrogen and oxygen atoms in total. The number of hydrogen-bond acceptors (Lipinski definition) is 1. The highest BCUT2D eigenvalue weighted by Gasteiger charge is 2.29. The van der Waals surface area contributed by atoms with E-state index in [0.717, 1.165) is 23.7 Å². The minimum atomic E-state index is 0.751. The van der Waals surface area contributed by atoms with Crippen LogP contribution in [0.1, 0.15) is 71.1 Å². The summed E-state index contributed by atoms with van der Waals surface area (Å²) in [6, 6.07) is 2.04. The van der Waals surface area contributed by atoms with E-state index in [1.165, 1.54) is 64.2 Å². The van der Waals surface area contributed by atoms with Gasteiger partial charge in [0.05, 0.1) is 6.07 Å². The fourth-order valence-electron chi connectivity index (χ4n) is 4.49. The van der Waals surface area contributed by atoms with E-state index in [0.29, 0.717) is 0 Å². The van der Waals surface area contributed by atoms with E-state index >= 15 is 0 Å². The van der Waals surface area contributed by atoms with E-state index in [-0.39, 0.29) is 0 Å². The van der Waals surface area contributed by atoms with Crippen LogP contribution in [0.5, 0.6) is 0 Å². The van der Waals surface area contributed by atoms with Gasteiger partial charge in [0.1, 0.15) is 0 Å². The SMILES string of the molecule is CCC[C@H]1CC[C@H](C2CCC(/C=C/C=C/C#N)CC2)CC1. The van der Waals surface area contributed by atoms with Gasteiger partial charge in [0, 0.05) is 6.08 Å². The first-order chi connectivity index (χ1) is 10.3. The Bertz CT molecular complexity index is 371. The maximum Gasteiger partial charge on any atom is 0.0912 e. The van der Waals surface area contributed by atoms with Crippen molar-refractivity contribution in [3.63, 3.8) is 0 Å². The van der Waals surface area contributed by atoms with Crippen molar-refractivity contribution in [2.75, 3.05) is 0 Å². The van der Waals surface area contributed by atoms with Crippen molar-refractivity contribution in [2.24, 2.45) is 23.7 Å². The molecule has 2 saturated carbocycles. The zero-order chi connectivity index (χ0) is 14.9. The van der Waals surface area contributed by atoms with Crippen LogP contribution in [0.25, 0.3) is 0 Å². The first kappa shape index (κ1) is 16.3. The molecular weight excluding hydrogens is 254 g/mol. The molecule has 0 aromatic heterocycles. The minimum absolute atomic E-state index is 0.751. The summed E-state index contributed by atoms with van der Waals surface area (Å²) in [5.74, 6) is 3.83. The van der Waals surface area contributed by atoms with E-state index < -0.39 is 0 Å². The van der Waals surface area contributed by atoms with Gasteiger partial charge in [-0.05, 0) is 62.2 Å². The molecule has 116 valence electrons. The summed E-state index contributed by atoms with van der Waals surface area (Å²) in [5.41, 5.74) is 0. The lowest BCUT2D eigenvalue weighted by Gasteiger charge is -2.37. The maximum absolute atomic E-state index is 8.46. The third-order valence-corrected chi connectivity index (χ3v) is 5.74. The third kappa shape index (κ3) is 5.34. The zero-order valence-electron chi connectivity index (χ0n) is 13.6. The van der Waals surface area contributed by atoms with Crippen LogP contribution in [0, 0.1) is 35.0 Å². The highest BCUT2D eigenvalue weighted by molar-refractivity contribution is 5.12. The predicted octanol–water partition coefficient (Wildman–Crippen LogP) is 6.04. The van der Waals surface area contributed by atoms with Crippen molar-refractivity contribution in [3.8, 4) is 6.07 Å². The van der Waals surface area contributed by atoms with Crippen molar-refractivity contribution in [2.45, 2.75) is 71.1 Å². The van der Waals surface area contributed by atoms with E-state index in [1.807, 2.05) is 12.1 Å². The molecule has 0 N–H and O–H groups in total. The average Bonchev–Trinajstić information content (AvgIpc) is 2.53. The Labute approximate surface area is 131 Å². The summed E-state index contributed by atoms with van der Waals surface area (Å²) in [6.45, 7) is 2.33. The third-order valence-electron chi connectivity index (χ3n) is 5.74. The Balaban J connectivity index is 1.69. The number of nitriles is 1. The Morgan fingerprint density at radius 3 is 2.10 bits per heavy atom. The molecule has 0 radical (unpaired) electrons. The second kappa shape index (κ2) is 9.08. The van der Waals surface area contributed by atoms with Gasteiger partial charge in [-0.3, -0.25) is 0 Å². The van der Waals surface area contributed by atoms with Gasteiger partial charge < -0.3 is 0 Å². The fourth-order valence-corrected chi connectivity index (χ4v) is 4.49.